The first-order valence-electron chi connectivity index (χ1n) is 15.4. The van der Waals surface area contributed by atoms with Crippen LogP contribution in [0.5, 0.6) is 6.01 Å². The van der Waals surface area contributed by atoms with Gasteiger partial charge in [-0.15, -0.1) is 11.3 Å². The van der Waals surface area contributed by atoms with E-state index in [1.807, 2.05) is 16.2 Å². The van der Waals surface area contributed by atoms with Crippen molar-refractivity contribution in [2.24, 2.45) is 11.3 Å². The van der Waals surface area contributed by atoms with Gasteiger partial charge in [-0.1, -0.05) is 26.8 Å². The van der Waals surface area contributed by atoms with Gasteiger partial charge in [-0.25, -0.2) is 0 Å². The molecule has 2 aromatic rings. The number of aryl methyl sites for hydroxylation is 1. The van der Waals surface area contributed by atoms with Crippen molar-refractivity contribution in [2.45, 2.75) is 83.7 Å². The van der Waals surface area contributed by atoms with Crippen LogP contribution in [0, 0.1) is 11.3 Å². The minimum atomic E-state index is 0.0354. The molecule has 8 heteroatoms. The molecule has 7 nitrogen and oxygen atoms in total. The Morgan fingerprint density at radius 1 is 1.25 bits per heavy atom. The predicted octanol–water partition coefficient (Wildman–Crippen LogP) is 4.92. The van der Waals surface area contributed by atoms with Gasteiger partial charge in [-0.3, -0.25) is 4.79 Å². The van der Waals surface area contributed by atoms with Gasteiger partial charge in [0.05, 0.1) is 5.69 Å². The summed E-state index contributed by atoms with van der Waals surface area (Å²) >= 11 is 1.92. The molecule has 2 fully saturated rings. The van der Waals surface area contributed by atoms with E-state index in [1.165, 1.54) is 36.6 Å². The molecule has 0 aromatic carbocycles. The summed E-state index contributed by atoms with van der Waals surface area (Å²) in [5.41, 5.74) is 4.29. The highest BCUT2D eigenvalue weighted by Gasteiger charge is 2.45. The Morgan fingerprint density at radius 2 is 2.12 bits per heavy atom. The summed E-state index contributed by atoms with van der Waals surface area (Å²) < 4.78 is 6.39. The monoisotopic (exact) mass is 563 g/mol. The fraction of sp³-hybridized carbons (Fsp3) is 0.656. The molecule has 0 bridgehead atoms. The molecule has 40 heavy (non-hydrogen) atoms. The topological polar surface area (TPSA) is 61.8 Å². The fourth-order valence-corrected chi connectivity index (χ4v) is 8.66. The van der Waals surface area contributed by atoms with Crippen molar-refractivity contribution in [1.82, 2.24) is 19.8 Å². The number of likely N-dealkylation sites (tertiary alicyclic amines) is 1. The number of hydrogen-bond donors (Lipinski definition) is 0. The van der Waals surface area contributed by atoms with Gasteiger partial charge in [0.2, 0.25) is 5.91 Å². The average molecular weight is 564 g/mol. The minimum Gasteiger partial charge on any atom is -0.462 e. The summed E-state index contributed by atoms with van der Waals surface area (Å²) in [7, 11) is 2.19. The Balaban J connectivity index is 1.32. The Morgan fingerprint density at radius 3 is 2.90 bits per heavy atom. The molecular formula is C32H45N5O2S. The number of anilines is 1. The SMILES string of the molecule is C=CC(=O)N1CCN(c2nc(OCC3CCCN3C)nc3c2CC(C)C2(CCc4sccc4C2)C3)CC1CCC. The molecule has 4 atom stereocenters. The van der Waals surface area contributed by atoms with Gasteiger partial charge in [0.25, 0.3) is 0 Å². The zero-order valence-electron chi connectivity index (χ0n) is 24.5. The van der Waals surface area contributed by atoms with E-state index in [2.05, 4.69) is 48.7 Å². The van der Waals surface area contributed by atoms with Gasteiger partial charge in [0.1, 0.15) is 12.4 Å². The molecule has 0 saturated carbocycles. The van der Waals surface area contributed by atoms with Crippen molar-refractivity contribution < 1.29 is 9.53 Å². The third-order valence-corrected chi connectivity index (χ3v) is 11.3. The molecule has 2 aliphatic heterocycles. The van der Waals surface area contributed by atoms with Crippen LogP contribution in [0.3, 0.4) is 0 Å². The molecule has 2 aromatic heterocycles. The summed E-state index contributed by atoms with van der Waals surface area (Å²) in [5, 5.41) is 2.26. The molecule has 216 valence electrons. The second-order valence-corrected chi connectivity index (χ2v) is 13.7. The third kappa shape index (κ3) is 5.18. The number of thiophene rings is 1. The first kappa shape index (κ1) is 27.7. The number of hydrogen-bond acceptors (Lipinski definition) is 7. The van der Waals surface area contributed by atoms with E-state index in [0.29, 0.717) is 31.1 Å². The Bertz CT molecular complexity index is 1250. The van der Waals surface area contributed by atoms with Gasteiger partial charge in [-0.2, -0.15) is 9.97 Å². The zero-order chi connectivity index (χ0) is 27.9. The van der Waals surface area contributed by atoms with Crippen molar-refractivity contribution in [3.63, 3.8) is 0 Å². The molecule has 1 amide bonds. The lowest BCUT2D eigenvalue weighted by Gasteiger charge is -2.47. The number of nitrogens with zero attached hydrogens (tertiary/aromatic N) is 5. The number of rotatable bonds is 7. The third-order valence-electron chi connectivity index (χ3n) is 10.3. The first-order chi connectivity index (χ1) is 19.4. The van der Waals surface area contributed by atoms with Gasteiger partial charge in [0.15, 0.2) is 0 Å². The molecule has 4 aliphatic rings. The van der Waals surface area contributed by atoms with Crippen molar-refractivity contribution in [1.29, 1.82) is 0 Å². The Kier molecular flexibility index (Phi) is 7.92. The summed E-state index contributed by atoms with van der Waals surface area (Å²) in [6.07, 6.45) is 11.4. The molecular weight excluding hydrogens is 518 g/mol. The standard InChI is InChI=1S/C32H45N5O2S/c1-5-8-24-20-36(14-15-37(24)29(38)6-2)30-26-17-22(3)32(12-10-28-23(18-32)11-16-40-28)19-27(26)33-31(34-30)39-21-25-9-7-13-35(25)4/h6,11,16,22,24-25H,2,5,7-10,12-15,17-21H2,1,3-4H3. The highest BCUT2D eigenvalue weighted by molar-refractivity contribution is 7.10. The van der Waals surface area contributed by atoms with Crippen molar-refractivity contribution in [3.8, 4) is 6.01 Å². The van der Waals surface area contributed by atoms with Crippen LogP contribution in [0.2, 0.25) is 0 Å². The van der Waals surface area contributed by atoms with Crippen molar-refractivity contribution >= 4 is 23.1 Å². The summed E-state index contributed by atoms with van der Waals surface area (Å²) in [6.45, 7) is 12.4. The molecule has 0 radical (unpaired) electrons. The van der Waals surface area contributed by atoms with Crippen LogP contribution in [0.4, 0.5) is 5.82 Å². The minimum absolute atomic E-state index is 0.0354. The van der Waals surface area contributed by atoms with E-state index in [0.717, 1.165) is 64.0 Å². The maximum Gasteiger partial charge on any atom is 0.318 e. The molecule has 4 unspecified atom stereocenters. The smallest absolute Gasteiger partial charge is 0.318 e. The number of amides is 1. The number of aromatic nitrogens is 2. The van der Waals surface area contributed by atoms with Crippen LogP contribution < -0.4 is 9.64 Å². The number of likely N-dealkylation sites (N-methyl/N-ethyl adjacent to an activating group) is 1. The number of carbonyl (C=O) groups is 1. The van der Waals surface area contributed by atoms with Crippen molar-refractivity contribution in [3.05, 3.63) is 45.8 Å². The van der Waals surface area contributed by atoms with Gasteiger partial charge in [-0.05, 0) is 99.4 Å². The summed E-state index contributed by atoms with van der Waals surface area (Å²) in [6, 6.07) is 3.46. The van der Waals surface area contributed by atoms with Gasteiger partial charge in [0, 0.05) is 42.2 Å². The lowest BCUT2D eigenvalue weighted by atomic mass is 9.59. The highest BCUT2D eigenvalue weighted by atomic mass is 32.1. The van der Waals surface area contributed by atoms with Crippen molar-refractivity contribution in [2.75, 3.05) is 44.7 Å². The number of fused-ring (bicyclic) bond motifs is 2. The largest absolute Gasteiger partial charge is 0.462 e. The molecule has 4 heterocycles. The highest BCUT2D eigenvalue weighted by Crippen LogP contribution is 2.50. The van der Waals surface area contributed by atoms with Gasteiger partial charge >= 0.3 is 6.01 Å². The normalized spacial score (nSPS) is 28.4. The van der Waals surface area contributed by atoms with E-state index in [1.54, 1.807) is 10.4 Å². The number of carbonyl (C=O) groups excluding carboxylic acids is 1. The fourth-order valence-electron chi connectivity index (χ4n) is 7.75. The maximum atomic E-state index is 12.6. The molecule has 2 aliphatic carbocycles. The van der Waals surface area contributed by atoms with Gasteiger partial charge < -0.3 is 19.4 Å². The van der Waals surface area contributed by atoms with E-state index < -0.39 is 0 Å². The second-order valence-electron chi connectivity index (χ2n) is 12.7. The lowest BCUT2D eigenvalue weighted by molar-refractivity contribution is -0.128. The number of piperazine rings is 1. The van der Waals surface area contributed by atoms with Crippen LogP contribution in [-0.2, 0) is 30.5 Å². The molecule has 6 rings (SSSR count). The zero-order valence-corrected chi connectivity index (χ0v) is 25.3. The first-order valence-corrected chi connectivity index (χ1v) is 16.2. The summed E-state index contributed by atoms with van der Waals surface area (Å²) in [4.78, 5) is 31.3. The maximum absolute atomic E-state index is 12.6. The average Bonchev–Trinajstić information content (AvgIpc) is 3.60. The van der Waals surface area contributed by atoms with E-state index in [9.17, 15) is 4.79 Å². The van der Waals surface area contributed by atoms with E-state index >= 15 is 0 Å². The van der Waals surface area contributed by atoms with Crippen LogP contribution in [0.1, 0.15) is 67.6 Å². The summed E-state index contributed by atoms with van der Waals surface area (Å²) in [5.74, 6) is 1.64. The predicted molar refractivity (Wildman–Crippen MR) is 161 cm³/mol. The van der Waals surface area contributed by atoms with E-state index in [-0.39, 0.29) is 17.4 Å². The molecule has 2 saturated heterocycles. The van der Waals surface area contributed by atoms with Crippen LogP contribution in [0.25, 0.3) is 0 Å². The van der Waals surface area contributed by atoms with Crippen LogP contribution in [-0.4, -0.2) is 77.6 Å². The Hall–Kier alpha value is -2.45. The van der Waals surface area contributed by atoms with E-state index in [4.69, 9.17) is 14.7 Å². The lowest BCUT2D eigenvalue weighted by Crippen LogP contribution is -2.55. The number of ether oxygens (including phenoxy) is 1. The van der Waals surface area contributed by atoms with Crippen LogP contribution >= 0.6 is 11.3 Å². The quantitative estimate of drug-likeness (QED) is 0.446. The molecule has 1 spiro atoms. The Labute approximate surface area is 243 Å². The molecule has 0 N–H and O–H groups in total. The van der Waals surface area contributed by atoms with Crippen LogP contribution in [0.15, 0.2) is 24.1 Å². The second kappa shape index (κ2) is 11.4.